The summed E-state index contributed by atoms with van der Waals surface area (Å²) in [7, 11) is 0. The van der Waals surface area contributed by atoms with E-state index in [1.165, 1.54) is 11.3 Å². The van der Waals surface area contributed by atoms with Gasteiger partial charge in [0.2, 0.25) is 0 Å². The van der Waals surface area contributed by atoms with E-state index < -0.39 is 0 Å². The summed E-state index contributed by atoms with van der Waals surface area (Å²) >= 11 is 3.62. The highest BCUT2D eigenvalue weighted by Gasteiger charge is 2.05. The second-order valence-corrected chi connectivity index (χ2v) is 5.04. The van der Waals surface area contributed by atoms with Gasteiger partial charge in [-0.15, -0.1) is 10.2 Å². The summed E-state index contributed by atoms with van der Waals surface area (Å²) in [6.45, 7) is 0. The van der Waals surface area contributed by atoms with Crippen molar-refractivity contribution in [1.82, 2.24) is 15.2 Å². The quantitative estimate of drug-likeness (QED) is 0.816. The Hall–Kier alpha value is -0.760. The fourth-order valence-corrected chi connectivity index (χ4v) is 2.15. The highest BCUT2D eigenvalue weighted by Crippen LogP contribution is 2.22. The van der Waals surface area contributed by atoms with E-state index in [2.05, 4.69) is 37.8 Å². The SMILES string of the molecule is Nc1cccc(-c2nnc(I)s2)n1. The zero-order chi connectivity index (χ0) is 9.26. The molecule has 13 heavy (non-hydrogen) atoms. The maximum Gasteiger partial charge on any atom is 0.178 e. The van der Waals surface area contributed by atoms with E-state index in [0.29, 0.717) is 5.82 Å². The molecule has 0 saturated heterocycles. The first kappa shape index (κ1) is 8.82. The highest BCUT2D eigenvalue weighted by atomic mass is 127. The van der Waals surface area contributed by atoms with E-state index in [0.717, 1.165) is 13.7 Å². The van der Waals surface area contributed by atoms with Gasteiger partial charge in [-0.05, 0) is 34.7 Å². The third kappa shape index (κ3) is 1.94. The van der Waals surface area contributed by atoms with Crippen molar-refractivity contribution in [3.8, 4) is 10.7 Å². The summed E-state index contributed by atoms with van der Waals surface area (Å²) in [6, 6.07) is 5.47. The lowest BCUT2D eigenvalue weighted by atomic mass is 10.3. The van der Waals surface area contributed by atoms with E-state index in [9.17, 15) is 0 Å². The summed E-state index contributed by atoms with van der Waals surface area (Å²) < 4.78 is 0.900. The zero-order valence-electron chi connectivity index (χ0n) is 6.44. The van der Waals surface area contributed by atoms with Crippen LogP contribution in [0.2, 0.25) is 0 Å². The van der Waals surface area contributed by atoms with Crippen molar-refractivity contribution in [1.29, 1.82) is 0 Å². The number of hydrogen-bond acceptors (Lipinski definition) is 5. The minimum absolute atomic E-state index is 0.503. The van der Waals surface area contributed by atoms with Crippen molar-refractivity contribution >= 4 is 39.7 Å². The largest absolute Gasteiger partial charge is 0.384 e. The van der Waals surface area contributed by atoms with Gasteiger partial charge in [0.1, 0.15) is 11.5 Å². The Labute approximate surface area is 92.4 Å². The molecule has 4 nitrogen and oxygen atoms in total. The molecule has 0 radical (unpaired) electrons. The number of hydrogen-bond donors (Lipinski definition) is 1. The molecule has 0 aliphatic carbocycles. The standard InChI is InChI=1S/C7H5IN4S/c8-7-12-11-6(13-7)4-2-1-3-5(9)10-4/h1-3H,(H2,9,10). The van der Waals surface area contributed by atoms with Gasteiger partial charge in [-0.3, -0.25) is 0 Å². The van der Waals surface area contributed by atoms with Crippen molar-refractivity contribution < 1.29 is 0 Å². The van der Waals surface area contributed by atoms with Crippen LogP contribution in [-0.2, 0) is 0 Å². The normalized spacial score (nSPS) is 10.2. The van der Waals surface area contributed by atoms with E-state index >= 15 is 0 Å². The maximum atomic E-state index is 5.55. The van der Waals surface area contributed by atoms with Gasteiger partial charge >= 0.3 is 0 Å². The molecule has 0 unspecified atom stereocenters. The summed E-state index contributed by atoms with van der Waals surface area (Å²) in [5.74, 6) is 0.503. The molecule has 0 aliphatic heterocycles. The third-order valence-corrected chi connectivity index (χ3v) is 3.00. The van der Waals surface area contributed by atoms with Crippen LogP contribution in [0.4, 0.5) is 5.82 Å². The average Bonchev–Trinajstić information content (AvgIpc) is 2.52. The lowest BCUT2D eigenvalue weighted by Crippen LogP contribution is -1.90. The molecule has 2 rings (SSSR count). The van der Waals surface area contributed by atoms with Gasteiger partial charge in [-0.1, -0.05) is 17.4 Å². The Morgan fingerprint density at radius 2 is 2.15 bits per heavy atom. The molecule has 2 N–H and O–H groups in total. The molecule has 0 saturated carbocycles. The molecule has 0 bridgehead atoms. The van der Waals surface area contributed by atoms with E-state index in [4.69, 9.17) is 5.73 Å². The molecule has 0 aromatic carbocycles. The van der Waals surface area contributed by atoms with Crippen LogP contribution in [-0.4, -0.2) is 15.2 Å². The van der Waals surface area contributed by atoms with Crippen LogP contribution in [0.3, 0.4) is 0 Å². The molecule has 0 atom stereocenters. The number of nitrogens with zero attached hydrogens (tertiary/aromatic N) is 3. The Kier molecular flexibility index (Phi) is 2.40. The molecule has 0 amide bonds. The fraction of sp³-hybridized carbons (Fsp3) is 0. The minimum Gasteiger partial charge on any atom is -0.384 e. The molecule has 2 aromatic rings. The van der Waals surface area contributed by atoms with Crippen LogP contribution >= 0.6 is 33.9 Å². The van der Waals surface area contributed by atoms with Crippen molar-refractivity contribution in [3.05, 3.63) is 21.2 Å². The van der Waals surface area contributed by atoms with Gasteiger partial charge in [0.05, 0.1) is 0 Å². The van der Waals surface area contributed by atoms with Gasteiger partial charge in [0, 0.05) is 0 Å². The van der Waals surface area contributed by atoms with E-state index in [-0.39, 0.29) is 0 Å². The predicted molar refractivity (Wildman–Crippen MR) is 60.3 cm³/mol. The Bertz CT molecular complexity index is 428. The van der Waals surface area contributed by atoms with Crippen LogP contribution in [0, 0.1) is 3.01 Å². The fourth-order valence-electron chi connectivity index (χ4n) is 0.879. The number of rotatable bonds is 1. The number of halogens is 1. The van der Waals surface area contributed by atoms with Gasteiger partial charge in [0.15, 0.2) is 8.02 Å². The van der Waals surface area contributed by atoms with Gasteiger partial charge < -0.3 is 5.73 Å². The third-order valence-electron chi connectivity index (χ3n) is 1.39. The first-order valence-corrected chi connectivity index (χ1v) is 5.37. The summed E-state index contributed by atoms with van der Waals surface area (Å²) in [4.78, 5) is 4.14. The first-order chi connectivity index (χ1) is 6.25. The Morgan fingerprint density at radius 3 is 2.77 bits per heavy atom. The maximum absolute atomic E-state index is 5.55. The van der Waals surface area contributed by atoms with E-state index in [1.807, 2.05) is 12.1 Å². The average molecular weight is 304 g/mol. The Morgan fingerprint density at radius 1 is 1.31 bits per heavy atom. The van der Waals surface area contributed by atoms with Crippen molar-refractivity contribution in [2.75, 3.05) is 5.73 Å². The summed E-state index contributed by atoms with van der Waals surface area (Å²) in [6.07, 6.45) is 0. The molecule has 0 aliphatic rings. The van der Waals surface area contributed by atoms with Crippen molar-refractivity contribution in [3.63, 3.8) is 0 Å². The number of aromatic nitrogens is 3. The monoisotopic (exact) mass is 304 g/mol. The van der Waals surface area contributed by atoms with Crippen molar-refractivity contribution in [2.45, 2.75) is 0 Å². The van der Waals surface area contributed by atoms with Crippen LogP contribution in [0.1, 0.15) is 0 Å². The molecule has 2 heterocycles. The van der Waals surface area contributed by atoms with Gasteiger partial charge in [-0.2, -0.15) is 0 Å². The summed E-state index contributed by atoms with van der Waals surface area (Å²) in [5.41, 5.74) is 6.32. The number of pyridine rings is 1. The molecule has 66 valence electrons. The smallest absolute Gasteiger partial charge is 0.178 e. The zero-order valence-corrected chi connectivity index (χ0v) is 9.41. The molecular formula is C7H5IN4S. The Balaban J connectivity index is 2.46. The molecule has 0 spiro atoms. The van der Waals surface area contributed by atoms with Gasteiger partial charge in [-0.25, -0.2) is 4.98 Å². The second-order valence-electron chi connectivity index (χ2n) is 2.31. The molecule has 6 heteroatoms. The topological polar surface area (TPSA) is 64.7 Å². The van der Waals surface area contributed by atoms with Crippen LogP contribution in [0.5, 0.6) is 0 Å². The predicted octanol–water partition coefficient (Wildman–Crippen LogP) is 1.79. The van der Waals surface area contributed by atoms with Crippen molar-refractivity contribution in [2.24, 2.45) is 0 Å². The van der Waals surface area contributed by atoms with E-state index in [1.54, 1.807) is 6.07 Å². The van der Waals surface area contributed by atoms with Crippen LogP contribution in [0.25, 0.3) is 10.7 Å². The highest BCUT2D eigenvalue weighted by molar-refractivity contribution is 14.1. The molecular weight excluding hydrogens is 299 g/mol. The second kappa shape index (κ2) is 3.54. The van der Waals surface area contributed by atoms with Crippen LogP contribution < -0.4 is 5.73 Å². The number of anilines is 1. The molecule has 2 aromatic heterocycles. The lowest BCUT2D eigenvalue weighted by Gasteiger charge is -1.94. The van der Waals surface area contributed by atoms with Gasteiger partial charge in [0.25, 0.3) is 0 Å². The van der Waals surface area contributed by atoms with Crippen LogP contribution in [0.15, 0.2) is 18.2 Å². The molecule has 0 fully saturated rings. The minimum atomic E-state index is 0.503. The number of nitrogen functional groups attached to an aromatic ring is 1. The lowest BCUT2D eigenvalue weighted by molar-refractivity contribution is 1.07. The number of nitrogens with two attached hydrogens (primary N) is 1. The first-order valence-electron chi connectivity index (χ1n) is 3.47. The summed E-state index contributed by atoms with van der Waals surface area (Å²) in [5, 5.41) is 8.67.